The summed E-state index contributed by atoms with van der Waals surface area (Å²) < 4.78 is 2.37. The second-order valence-corrected chi connectivity index (χ2v) is 4.45. The van der Waals surface area contributed by atoms with E-state index in [1.165, 1.54) is 10.9 Å². The topological polar surface area (TPSA) is 72.9 Å². The predicted octanol–water partition coefficient (Wildman–Crippen LogP) is 2.02. The maximum Gasteiger partial charge on any atom is 0.256 e. The van der Waals surface area contributed by atoms with E-state index < -0.39 is 0 Å². The van der Waals surface area contributed by atoms with Gasteiger partial charge in [-0.15, -0.1) is 0 Å². The van der Waals surface area contributed by atoms with Gasteiger partial charge in [-0.1, -0.05) is 22.0 Å². The van der Waals surface area contributed by atoms with E-state index in [-0.39, 0.29) is 5.91 Å². The molecule has 1 aromatic heterocycles. The highest BCUT2D eigenvalue weighted by atomic mass is 79.9. The standard InChI is InChI=1S/C11H11BrN4O/c1-16-10(9(13)6-14-16)15-11(17)7-3-2-4-8(12)5-7/h2-6H,13H2,1H3,(H,15,17). The van der Waals surface area contributed by atoms with Gasteiger partial charge in [-0.3, -0.25) is 9.48 Å². The number of nitrogens with zero attached hydrogens (tertiary/aromatic N) is 2. The number of nitrogens with two attached hydrogens (primary N) is 1. The highest BCUT2D eigenvalue weighted by molar-refractivity contribution is 9.10. The lowest BCUT2D eigenvalue weighted by molar-refractivity contribution is 0.102. The average Bonchev–Trinajstić information content (AvgIpc) is 2.61. The Hall–Kier alpha value is -1.82. The van der Waals surface area contributed by atoms with Gasteiger partial charge in [0.15, 0.2) is 5.82 Å². The zero-order valence-electron chi connectivity index (χ0n) is 9.14. The third-order valence-corrected chi connectivity index (χ3v) is 2.78. The van der Waals surface area contributed by atoms with Crippen molar-refractivity contribution in [1.82, 2.24) is 9.78 Å². The van der Waals surface area contributed by atoms with E-state index in [0.29, 0.717) is 17.1 Å². The minimum Gasteiger partial charge on any atom is -0.394 e. The molecule has 0 aliphatic rings. The van der Waals surface area contributed by atoms with Crippen LogP contribution in [0, 0.1) is 0 Å². The Bertz CT molecular complexity index is 545. The van der Waals surface area contributed by atoms with E-state index in [4.69, 9.17) is 5.73 Å². The van der Waals surface area contributed by atoms with Crippen LogP contribution in [0.4, 0.5) is 11.5 Å². The molecule has 0 saturated heterocycles. The van der Waals surface area contributed by atoms with Crippen molar-refractivity contribution < 1.29 is 4.79 Å². The molecule has 0 aliphatic heterocycles. The van der Waals surface area contributed by atoms with E-state index in [9.17, 15) is 4.79 Å². The summed E-state index contributed by atoms with van der Waals surface area (Å²) in [5, 5.41) is 6.67. The first-order valence-electron chi connectivity index (χ1n) is 4.92. The van der Waals surface area contributed by atoms with E-state index in [2.05, 4.69) is 26.3 Å². The number of rotatable bonds is 2. The van der Waals surface area contributed by atoms with Crippen LogP contribution in [0.25, 0.3) is 0 Å². The molecule has 88 valence electrons. The Kier molecular flexibility index (Phi) is 3.14. The largest absolute Gasteiger partial charge is 0.394 e. The van der Waals surface area contributed by atoms with Gasteiger partial charge >= 0.3 is 0 Å². The fraction of sp³-hybridized carbons (Fsp3) is 0.0909. The molecule has 0 unspecified atom stereocenters. The van der Waals surface area contributed by atoms with Gasteiger partial charge in [-0.05, 0) is 18.2 Å². The van der Waals surface area contributed by atoms with Gasteiger partial charge in [0.05, 0.1) is 11.9 Å². The predicted molar refractivity (Wildman–Crippen MR) is 69.7 cm³/mol. The number of nitrogen functional groups attached to an aromatic ring is 1. The molecule has 1 aromatic carbocycles. The highest BCUT2D eigenvalue weighted by Crippen LogP contribution is 2.18. The first-order valence-corrected chi connectivity index (χ1v) is 5.71. The van der Waals surface area contributed by atoms with Crippen molar-refractivity contribution in [2.24, 2.45) is 7.05 Å². The zero-order chi connectivity index (χ0) is 12.4. The maximum absolute atomic E-state index is 11.9. The lowest BCUT2D eigenvalue weighted by atomic mass is 10.2. The molecule has 3 N–H and O–H groups in total. The molecule has 0 saturated carbocycles. The van der Waals surface area contributed by atoms with Crippen LogP contribution in [0.2, 0.25) is 0 Å². The Morgan fingerprint density at radius 2 is 2.29 bits per heavy atom. The zero-order valence-corrected chi connectivity index (χ0v) is 10.7. The molecule has 1 heterocycles. The number of hydrogen-bond acceptors (Lipinski definition) is 3. The Morgan fingerprint density at radius 3 is 2.88 bits per heavy atom. The summed E-state index contributed by atoms with van der Waals surface area (Å²) in [4.78, 5) is 11.9. The summed E-state index contributed by atoms with van der Waals surface area (Å²) >= 11 is 3.32. The molecular weight excluding hydrogens is 284 g/mol. The molecule has 0 radical (unpaired) electrons. The smallest absolute Gasteiger partial charge is 0.256 e. The van der Waals surface area contributed by atoms with Crippen LogP contribution in [-0.2, 0) is 7.05 Å². The monoisotopic (exact) mass is 294 g/mol. The van der Waals surface area contributed by atoms with Crippen molar-refractivity contribution in [3.05, 3.63) is 40.5 Å². The van der Waals surface area contributed by atoms with Gasteiger partial charge in [0, 0.05) is 17.1 Å². The van der Waals surface area contributed by atoms with Crippen molar-refractivity contribution in [1.29, 1.82) is 0 Å². The van der Waals surface area contributed by atoms with Crippen LogP contribution in [0.1, 0.15) is 10.4 Å². The minimum absolute atomic E-state index is 0.221. The molecule has 0 spiro atoms. The van der Waals surface area contributed by atoms with Crippen LogP contribution < -0.4 is 11.1 Å². The van der Waals surface area contributed by atoms with Crippen molar-refractivity contribution in [2.75, 3.05) is 11.1 Å². The number of amides is 1. The molecule has 5 nitrogen and oxygen atoms in total. The maximum atomic E-state index is 11.9. The number of aryl methyl sites for hydroxylation is 1. The first-order chi connectivity index (χ1) is 8.08. The normalized spacial score (nSPS) is 10.2. The lowest BCUT2D eigenvalue weighted by Crippen LogP contribution is -2.15. The quantitative estimate of drug-likeness (QED) is 0.890. The number of aromatic nitrogens is 2. The molecule has 6 heteroatoms. The summed E-state index contributed by atoms with van der Waals surface area (Å²) in [5.41, 5.74) is 6.69. The first kappa shape index (κ1) is 11.7. The molecule has 1 amide bonds. The van der Waals surface area contributed by atoms with Gasteiger partial charge in [-0.25, -0.2) is 0 Å². The van der Waals surface area contributed by atoms with Gasteiger partial charge in [0.25, 0.3) is 5.91 Å². The van der Waals surface area contributed by atoms with Crippen molar-refractivity contribution in [3.8, 4) is 0 Å². The fourth-order valence-corrected chi connectivity index (χ4v) is 1.82. The van der Waals surface area contributed by atoms with Crippen molar-refractivity contribution in [3.63, 3.8) is 0 Å². The number of hydrogen-bond donors (Lipinski definition) is 2. The third kappa shape index (κ3) is 2.47. The van der Waals surface area contributed by atoms with Gasteiger partial charge in [0.1, 0.15) is 0 Å². The summed E-state index contributed by atoms with van der Waals surface area (Å²) in [6.07, 6.45) is 1.50. The van der Waals surface area contributed by atoms with E-state index in [0.717, 1.165) is 4.47 Å². The van der Waals surface area contributed by atoms with Crippen LogP contribution >= 0.6 is 15.9 Å². The molecule has 2 aromatic rings. The van der Waals surface area contributed by atoms with Crippen molar-refractivity contribution >= 4 is 33.3 Å². The average molecular weight is 295 g/mol. The van der Waals surface area contributed by atoms with Gasteiger partial charge in [0.2, 0.25) is 0 Å². The Balaban J connectivity index is 2.23. The number of anilines is 2. The Labute approximate surface area is 107 Å². The highest BCUT2D eigenvalue weighted by Gasteiger charge is 2.11. The third-order valence-electron chi connectivity index (χ3n) is 2.29. The number of carbonyl (C=O) groups is 1. The molecular formula is C11H11BrN4O. The second-order valence-electron chi connectivity index (χ2n) is 3.54. The lowest BCUT2D eigenvalue weighted by Gasteiger charge is -2.06. The van der Waals surface area contributed by atoms with E-state index in [1.54, 1.807) is 25.2 Å². The molecule has 0 aliphatic carbocycles. The van der Waals surface area contributed by atoms with E-state index >= 15 is 0 Å². The number of carbonyl (C=O) groups excluding carboxylic acids is 1. The second kappa shape index (κ2) is 4.58. The van der Waals surface area contributed by atoms with E-state index in [1.807, 2.05) is 6.07 Å². The number of benzene rings is 1. The van der Waals surface area contributed by atoms with Crippen LogP contribution in [-0.4, -0.2) is 15.7 Å². The van der Waals surface area contributed by atoms with Gasteiger partial charge in [-0.2, -0.15) is 5.10 Å². The Morgan fingerprint density at radius 1 is 1.53 bits per heavy atom. The summed E-state index contributed by atoms with van der Waals surface area (Å²) in [5.74, 6) is 0.275. The fourth-order valence-electron chi connectivity index (χ4n) is 1.42. The van der Waals surface area contributed by atoms with Crippen LogP contribution in [0.15, 0.2) is 34.9 Å². The van der Waals surface area contributed by atoms with Crippen LogP contribution in [0.5, 0.6) is 0 Å². The molecule has 0 bridgehead atoms. The summed E-state index contributed by atoms with van der Waals surface area (Å²) in [6.45, 7) is 0. The number of nitrogens with one attached hydrogen (secondary N) is 1. The number of halogens is 1. The molecule has 2 rings (SSSR count). The minimum atomic E-state index is -0.221. The SMILES string of the molecule is Cn1ncc(N)c1NC(=O)c1cccc(Br)c1. The molecule has 17 heavy (non-hydrogen) atoms. The molecule has 0 atom stereocenters. The summed E-state index contributed by atoms with van der Waals surface area (Å²) in [6, 6.07) is 7.12. The van der Waals surface area contributed by atoms with Gasteiger partial charge < -0.3 is 11.1 Å². The molecule has 0 fully saturated rings. The summed E-state index contributed by atoms with van der Waals surface area (Å²) in [7, 11) is 1.72. The van der Waals surface area contributed by atoms with Crippen LogP contribution in [0.3, 0.4) is 0 Å². The van der Waals surface area contributed by atoms with Crippen molar-refractivity contribution in [2.45, 2.75) is 0 Å².